The molecule has 1 aliphatic rings. The van der Waals surface area contributed by atoms with Gasteiger partial charge in [0.05, 0.1) is 12.1 Å². The molecule has 0 bridgehead atoms. The second-order valence-corrected chi connectivity index (χ2v) is 5.30. The molecule has 3 N–H and O–H groups in total. The quantitative estimate of drug-likeness (QED) is 0.692. The van der Waals surface area contributed by atoms with E-state index in [2.05, 4.69) is 10.6 Å². The molecule has 0 spiro atoms. The summed E-state index contributed by atoms with van der Waals surface area (Å²) in [4.78, 5) is 11.5. The molecule has 2 rings (SSSR count). The first-order chi connectivity index (χ1) is 9.59. The minimum absolute atomic E-state index is 0.265. The molecule has 5 heteroatoms. The summed E-state index contributed by atoms with van der Waals surface area (Å²) in [5.41, 5.74) is 0.388. The van der Waals surface area contributed by atoms with Gasteiger partial charge in [0, 0.05) is 6.54 Å². The Bertz CT molecular complexity index is 458. The lowest BCUT2D eigenvalue weighted by Gasteiger charge is -2.36. The van der Waals surface area contributed by atoms with Crippen molar-refractivity contribution < 1.29 is 14.6 Å². The Morgan fingerprint density at radius 2 is 2.10 bits per heavy atom. The van der Waals surface area contributed by atoms with Gasteiger partial charge in [-0.2, -0.15) is 0 Å². The Kier molecular flexibility index (Phi) is 4.84. The van der Waals surface area contributed by atoms with Gasteiger partial charge in [-0.15, -0.1) is 0 Å². The number of hydrogen-bond acceptors (Lipinski definition) is 3. The highest BCUT2D eigenvalue weighted by Crippen LogP contribution is 2.30. The number of carbonyl (C=O) groups is 1. The van der Waals surface area contributed by atoms with E-state index in [9.17, 15) is 9.90 Å². The van der Waals surface area contributed by atoms with Gasteiger partial charge in [0.2, 0.25) is 0 Å². The second-order valence-electron chi connectivity index (χ2n) is 5.30. The number of nitrogens with one attached hydrogen (secondary N) is 2. The summed E-state index contributed by atoms with van der Waals surface area (Å²) < 4.78 is 5.57. The highest BCUT2D eigenvalue weighted by Gasteiger charge is 2.34. The van der Waals surface area contributed by atoms with Crippen LogP contribution in [-0.4, -0.2) is 36.4 Å². The maximum Gasteiger partial charge on any atom is 0.315 e. The molecule has 0 aromatic heterocycles. The third kappa shape index (κ3) is 4.13. The summed E-state index contributed by atoms with van der Waals surface area (Å²) in [5.74, 6) is 0.832. The third-order valence-electron chi connectivity index (χ3n) is 3.60. The van der Waals surface area contributed by atoms with Crippen LogP contribution in [-0.2, 0) is 0 Å². The molecule has 1 fully saturated rings. The molecule has 1 aromatic carbocycles. The predicted molar refractivity (Wildman–Crippen MR) is 76.9 cm³/mol. The average molecular weight is 278 g/mol. The van der Waals surface area contributed by atoms with Gasteiger partial charge >= 0.3 is 6.03 Å². The fourth-order valence-electron chi connectivity index (χ4n) is 2.11. The van der Waals surface area contributed by atoms with Crippen LogP contribution in [0.1, 0.15) is 24.8 Å². The van der Waals surface area contributed by atoms with Crippen molar-refractivity contribution in [2.24, 2.45) is 0 Å². The lowest BCUT2D eigenvalue weighted by atomic mass is 9.80. The van der Waals surface area contributed by atoms with Crippen molar-refractivity contribution in [3.8, 4) is 5.75 Å². The van der Waals surface area contributed by atoms with E-state index in [1.807, 2.05) is 31.2 Å². The number of aryl methyl sites for hydroxylation is 1. The first-order valence-corrected chi connectivity index (χ1v) is 7.02. The lowest BCUT2D eigenvalue weighted by Crippen LogP contribution is -2.50. The minimum atomic E-state index is -0.686. The molecule has 0 unspecified atom stereocenters. The number of carbonyl (C=O) groups excluding carboxylic acids is 1. The predicted octanol–water partition coefficient (Wildman–Crippen LogP) is 1.59. The second kappa shape index (κ2) is 6.61. The fraction of sp³-hybridized carbons (Fsp3) is 0.533. The van der Waals surface area contributed by atoms with Crippen LogP contribution in [0.2, 0.25) is 0 Å². The number of hydrogen-bond donors (Lipinski definition) is 3. The Morgan fingerprint density at radius 1 is 1.35 bits per heavy atom. The normalized spacial score (nSPS) is 16.1. The molecule has 20 heavy (non-hydrogen) atoms. The monoisotopic (exact) mass is 278 g/mol. The standard InChI is InChI=1S/C15H22N2O3/c1-12-5-2-3-6-13(12)20-10-9-16-14(18)17-11-15(19)7-4-8-15/h2-3,5-6,19H,4,7-11H2,1H3,(H2,16,17,18). The van der Waals surface area contributed by atoms with E-state index in [1.54, 1.807) is 0 Å². The van der Waals surface area contributed by atoms with Crippen LogP contribution in [0.5, 0.6) is 5.75 Å². The zero-order valence-electron chi connectivity index (χ0n) is 11.8. The molecule has 0 radical (unpaired) electrons. The highest BCUT2D eigenvalue weighted by atomic mass is 16.5. The number of aliphatic hydroxyl groups is 1. The molecule has 1 aromatic rings. The van der Waals surface area contributed by atoms with Gasteiger partial charge in [-0.25, -0.2) is 4.79 Å². The van der Waals surface area contributed by atoms with Crippen LogP contribution >= 0.6 is 0 Å². The highest BCUT2D eigenvalue weighted by molar-refractivity contribution is 5.73. The zero-order valence-corrected chi connectivity index (χ0v) is 11.8. The summed E-state index contributed by atoms with van der Waals surface area (Å²) in [5, 5.41) is 15.2. The Hall–Kier alpha value is -1.75. The first-order valence-electron chi connectivity index (χ1n) is 7.02. The molecule has 0 heterocycles. The number of rotatable bonds is 6. The van der Waals surface area contributed by atoms with E-state index < -0.39 is 5.60 Å². The Balaban J connectivity index is 1.58. The van der Waals surface area contributed by atoms with Crippen LogP contribution in [0.4, 0.5) is 4.79 Å². The molecule has 110 valence electrons. The minimum Gasteiger partial charge on any atom is -0.491 e. The maximum atomic E-state index is 11.5. The number of urea groups is 1. The number of ether oxygens (including phenoxy) is 1. The molecule has 5 nitrogen and oxygen atoms in total. The molecule has 0 atom stereocenters. The molecule has 2 amide bonds. The largest absolute Gasteiger partial charge is 0.491 e. The van der Waals surface area contributed by atoms with Crippen molar-refractivity contribution >= 4 is 6.03 Å². The number of para-hydroxylation sites is 1. The maximum absolute atomic E-state index is 11.5. The van der Waals surface area contributed by atoms with E-state index in [1.165, 1.54) is 0 Å². The van der Waals surface area contributed by atoms with Crippen molar-refractivity contribution in [2.45, 2.75) is 31.8 Å². The van der Waals surface area contributed by atoms with Crippen LogP contribution < -0.4 is 15.4 Å². The Labute approximate surface area is 119 Å². The van der Waals surface area contributed by atoms with Gasteiger partial charge in [-0.1, -0.05) is 18.2 Å². The topological polar surface area (TPSA) is 70.6 Å². The number of amides is 2. The summed E-state index contributed by atoms with van der Waals surface area (Å²) in [6.45, 7) is 3.15. The van der Waals surface area contributed by atoms with Crippen molar-refractivity contribution in [1.82, 2.24) is 10.6 Å². The van der Waals surface area contributed by atoms with Crippen molar-refractivity contribution in [1.29, 1.82) is 0 Å². The van der Waals surface area contributed by atoms with Crippen LogP contribution in [0.15, 0.2) is 24.3 Å². The summed E-state index contributed by atoms with van der Waals surface area (Å²) in [7, 11) is 0. The van der Waals surface area contributed by atoms with Gasteiger partial charge in [0.25, 0.3) is 0 Å². The lowest BCUT2D eigenvalue weighted by molar-refractivity contribution is -0.0290. The fourth-order valence-corrected chi connectivity index (χ4v) is 2.11. The molecule has 0 saturated heterocycles. The van der Waals surface area contributed by atoms with Crippen molar-refractivity contribution in [3.05, 3.63) is 29.8 Å². The Morgan fingerprint density at radius 3 is 2.75 bits per heavy atom. The van der Waals surface area contributed by atoms with Crippen LogP contribution in [0.3, 0.4) is 0 Å². The zero-order chi connectivity index (χ0) is 14.4. The van der Waals surface area contributed by atoms with Crippen molar-refractivity contribution in [3.63, 3.8) is 0 Å². The van der Waals surface area contributed by atoms with E-state index in [0.29, 0.717) is 19.7 Å². The first kappa shape index (κ1) is 14.7. The summed E-state index contributed by atoms with van der Waals surface area (Å²) in [6.07, 6.45) is 2.57. The molecule has 1 aliphatic carbocycles. The average Bonchev–Trinajstić information content (AvgIpc) is 2.41. The van der Waals surface area contributed by atoms with Crippen LogP contribution in [0.25, 0.3) is 0 Å². The van der Waals surface area contributed by atoms with Gasteiger partial charge in [0.1, 0.15) is 12.4 Å². The SMILES string of the molecule is Cc1ccccc1OCCNC(=O)NCC1(O)CCC1. The number of benzene rings is 1. The van der Waals surface area contributed by atoms with Gasteiger partial charge in [0.15, 0.2) is 0 Å². The molecule has 1 saturated carbocycles. The van der Waals surface area contributed by atoms with E-state index in [0.717, 1.165) is 30.6 Å². The van der Waals surface area contributed by atoms with Gasteiger partial charge in [-0.3, -0.25) is 0 Å². The van der Waals surface area contributed by atoms with E-state index in [-0.39, 0.29) is 6.03 Å². The molecule has 0 aliphatic heterocycles. The molecular weight excluding hydrogens is 256 g/mol. The van der Waals surface area contributed by atoms with E-state index >= 15 is 0 Å². The summed E-state index contributed by atoms with van der Waals surface area (Å²) >= 11 is 0. The van der Waals surface area contributed by atoms with Gasteiger partial charge < -0.3 is 20.5 Å². The summed E-state index contributed by atoms with van der Waals surface area (Å²) in [6, 6.07) is 7.50. The van der Waals surface area contributed by atoms with E-state index in [4.69, 9.17) is 4.74 Å². The smallest absolute Gasteiger partial charge is 0.315 e. The third-order valence-corrected chi connectivity index (χ3v) is 3.60. The van der Waals surface area contributed by atoms with Crippen molar-refractivity contribution in [2.75, 3.05) is 19.7 Å². The van der Waals surface area contributed by atoms with Crippen LogP contribution in [0, 0.1) is 6.92 Å². The molecular formula is C15H22N2O3. The van der Waals surface area contributed by atoms with Gasteiger partial charge in [-0.05, 0) is 37.8 Å².